The molecule has 0 amide bonds. The Labute approximate surface area is 339 Å². The fraction of sp³-hybridized carbons (Fsp3) is 0.978. The number of carbonyl (C=O) groups excluding carboxylic acids is 1. The normalized spacial score (nSPS) is 13.9. The van der Waals surface area contributed by atoms with Gasteiger partial charge in [-0.05, 0) is 12.8 Å². The largest absolute Gasteiger partial charge is 0.472 e. The minimum Gasteiger partial charge on any atom is -0.457 e. The highest BCUT2D eigenvalue weighted by Crippen LogP contribution is 2.43. The van der Waals surface area contributed by atoms with E-state index in [1.165, 1.54) is 186 Å². The maximum atomic E-state index is 12.6. The van der Waals surface area contributed by atoms with Crippen LogP contribution in [0.1, 0.15) is 239 Å². The molecule has 55 heavy (non-hydrogen) atoms. The van der Waals surface area contributed by atoms with Gasteiger partial charge in [0.2, 0.25) is 0 Å². The van der Waals surface area contributed by atoms with Gasteiger partial charge in [0, 0.05) is 13.0 Å². The SMILES string of the molecule is CCCCCCCCCCCCCCCCCCCCCCCCCOCC(COP(=O)(O)OCC(O)CO)OC(=O)CCCCCCCCCCCCC. The van der Waals surface area contributed by atoms with Crippen LogP contribution in [0, 0.1) is 0 Å². The lowest BCUT2D eigenvalue weighted by atomic mass is 10.0. The number of hydrogen-bond donors (Lipinski definition) is 3. The highest BCUT2D eigenvalue weighted by atomic mass is 31.2. The molecule has 0 aromatic heterocycles. The van der Waals surface area contributed by atoms with Crippen LogP contribution < -0.4 is 0 Å². The number of phosphoric ester groups is 1. The van der Waals surface area contributed by atoms with Crippen molar-refractivity contribution in [3.05, 3.63) is 0 Å². The summed E-state index contributed by atoms with van der Waals surface area (Å²) in [5.74, 6) is -0.378. The van der Waals surface area contributed by atoms with E-state index in [9.17, 15) is 19.4 Å². The van der Waals surface area contributed by atoms with Crippen molar-refractivity contribution in [2.75, 3.05) is 33.0 Å². The molecule has 0 rings (SSSR count). The third-order valence-electron chi connectivity index (χ3n) is 10.5. The van der Waals surface area contributed by atoms with E-state index in [-0.39, 0.29) is 25.6 Å². The summed E-state index contributed by atoms with van der Waals surface area (Å²) in [6.45, 7) is 3.57. The number of carbonyl (C=O) groups is 1. The van der Waals surface area contributed by atoms with Crippen molar-refractivity contribution < 1.29 is 43.0 Å². The Morgan fingerprint density at radius 1 is 0.491 bits per heavy atom. The molecular weight excluding hydrogens is 715 g/mol. The van der Waals surface area contributed by atoms with E-state index in [0.717, 1.165) is 32.1 Å². The number of phosphoric acid groups is 1. The van der Waals surface area contributed by atoms with E-state index in [1.54, 1.807) is 0 Å². The Kier molecular flexibility index (Phi) is 42.6. The maximum Gasteiger partial charge on any atom is 0.472 e. The molecule has 0 aromatic carbocycles. The lowest BCUT2D eigenvalue weighted by Gasteiger charge is -2.20. The summed E-state index contributed by atoms with van der Waals surface area (Å²) in [5.41, 5.74) is 0. The Balaban J connectivity index is 3.96. The molecule has 0 aromatic rings. The number of aliphatic hydroxyl groups excluding tert-OH is 2. The van der Waals surface area contributed by atoms with E-state index < -0.39 is 33.2 Å². The molecule has 0 spiro atoms. The predicted molar refractivity (Wildman–Crippen MR) is 228 cm³/mol. The van der Waals surface area contributed by atoms with Crippen LogP contribution in [0.15, 0.2) is 0 Å². The number of hydrogen-bond acceptors (Lipinski definition) is 8. The lowest BCUT2D eigenvalue weighted by Crippen LogP contribution is -2.29. The van der Waals surface area contributed by atoms with Crippen LogP contribution in [0.2, 0.25) is 0 Å². The van der Waals surface area contributed by atoms with Gasteiger partial charge in [0.15, 0.2) is 0 Å². The molecule has 0 aliphatic heterocycles. The fourth-order valence-electron chi connectivity index (χ4n) is 6.95. The smallest absolute Gasteiger partial charge is 0.457 e. The van der Waals surface area contributed by atoms with Crippen LogP contribution >= 0.6 is 7.82 Å². The molecule has 0 aliphatic carbocycles. The van der Waals surface area contributed by atoms with Crippen LogP contribution in [-0.4, -0.2) is 66.3 Å². The monoisotopic (exact) mass is 807 g/mol. The van der Waals surface area contributed by atoms with Gasteiger partial charge in [0.1, 0.15) is 12.2 Å². The first kappa shape index (κ1) is 54.5. The van der Waals surface area contributed by atoms with Crippen molar-refractivity contribution in [3.63, 3.8) is 0 Å². The van der Waals surface area contributed by atoms with Crippen LogP contribution in [0.4, 0.5) is 0 Å². The summed E-state index contributed by atoms with van der Waals surface area (Å²) >= 11 is 0. The van der Waals surface area contributed by atoms with Gasteiger partial charge >= 0.3 is 13.8 Å². The molecule has 0 bridgehead atoms. The minimum atomic E-state index is -4.51. The average molecular weight is 807 g/mol. The number of unbranched alkanes of at least 4 members (excludes halogenated alkanes) is 32. The minimum absolute atomic E-state index is 0.0581. The average Bonchev–Trinajstić information content (AvgIpc) is 3.18. The van der Waals surface area contributed by atoms with E-state index >= 15 is 0 Å². The zero-order valence-electron chi connectivity index (χ0n) is 36.2. The molecule has 0 fully saturated rings. The first-order valence-corrected chi connectivity index (χ1v) is 25.0. The third kappa shape index (κ3) is 42.9. The lowest BCUT2D eigenvalue weighted by molar-refractivity contribution is -0.154. The van der Waals surface area contributed by atoms with Gasteiger partial charge in [-0.15, -0.1) is 0 Å². The van der Waals surface area contributed by atoms with Gasteiger partial charge in [0.25, 0.3) is 0 Å². The van der Waals surface area contributed by atoms with Crippen molar-refractivity contribution in [3.8, 4) is 0 Å². The molecule has 0 heterocycles. The Hall–Kier alpha value is -0.540. The quantitative estimate of drug-likeness (QED) is 0.0312. The second-order valence-electron chi connectivity index (χ2n) is 16.1. The molecule has 0 saturated carbocycles. The highest BCUT2D eigenvalue weighted by Gasteiger charge is 2.26. The second-order valence-corrected chi connectivity index (χ2v) is 17.6. The van der Waals surface area contributed by atoms with Crippen molar-refractivity contribution in [2.45, 2.75) is 251 Å². The molecular formula is C45H91O9P. The van der Waals surface area contributed by atoms with Crippen LogP contribution in [0.25, 0.3) is 0 Å². The summed E-state index contributed by atoms with van der Waals surface area (Å²) in [4.78, 5) is 22.5. The first-order chi connectivity index (χ1) is 26.8. The van der Waals surface area contributed by atoms with E-state index in [4.69, 9.17) is 23.6 Å². The Bertz CT molecular complexity index is 830. The molecule has 3 unspecified atom stereocenters. The van der Waals surface area contributed by atoms with Crippen molar-refractivity contribution >= 4 is 13.8 Å². The van der Waals surface area contributed by atoms with Gasteiger partial charge in [0.05, 0.1) is 26.4 Å². The fourth-order valence-corrected chi connectivity index (χ4v) is 7.74. The predicted octanol–water partition coefficient (Wildman–Crippen LogP) is 13.1. The standard InChI is InChI=1S/C45H91O9P/c1-3-5-7-9-11-13-15-16-17-18-19-20-21-22-23-24-25-26-28-30-32-34-36-38-51-41-44(42-53-55(49,50)52-40-43(47)39-46)54-45(48)37-35-33-31-29-27-14-12-10-8-6-4-2/h43-44,46-47H,3-42H2,1-2H3,(H,49,50). The summed E-state index contributed by atoms with van der Waals surface area (Å²) in [7, 11) is -4.51. The van der Waals surface area contributed by atoms with Gasteiger partial charge < -0.3 is 24.6 Å². The van der Waals surface area contributed by atoms with E-state index in [0.29, 0.717) is 6.61 Å². The number of aliphatic hydroxyl groups is 2. The van der Waals surface area contributed by atoms with Crippen molar-refractivity contribution in [1.82, 2.24) is 0 Å². The molecule has 0 saturated heterocycles. The van der Waals surface area contributed by atoms with Gasteiger partial charge in [-0.3, -0.25) is 13.8 Å². The first-order valence-electron chi connectivity index (χ1n) is 23.5. The number of ether oxygens (including phenoxy) is 2. The number of esters is 1. The van der Waals surface area contributed by atoms with Crippen molar-refractivity contribution in [1.29, 1.82) is 0 Å². The zero-order valence-corrected chi connectivity index (χ0v) is 37.1. The van der Waals surface area contributed by atoms with E-state index in [2.05, 4.69) is 13.8 Å². The Morgan fingerprint density at radius 3 is 1.18 bits per heavy atom. The molecule has 3 atom stereocenters. The van der Waals surface area contributed by atoms with Gasteiger partial charge in [-0.25, -0.2) is 4.57 Å². The van der Waals surface area contributed by atoms with Crippen LogP contribution in [0.3, 0.4) is 0 Å². The zero-order chi connectivity index (χ0) is 40.3. The third-order valence-corrected chi connectivity index (χ3v) is 11.5. The van der Waals surface area contributed by atoms with Crippen LogP contribution in [-0.2, 0) is 27.9 Å². The van der Waals surface area contributed by atoms with Gasteiger partial charge in [-0.1, -0.05) is 219 Å². The van der Waals surface area contributed by atoms with Gasteiger partial charge in [-0.2, -0.15) is 0 Å². The number of rotatable bonds is 46. The molecule has 9 nitrogen and oxygen atoms in total. The summed E-state index contributed by atoms with van der Waals surface area (Å²) < 4.78 is 33.4. The molecule has 3 N–H and O–H groups in total. The van der Waals surface area contributed by atoms with Crippen LogP contribution in [0.5, 0.6) is 0 Å². The Morgan fingerprint density at radius 2 is 0.818 bits per heavy atom. The summed E-state index contributed by atoms with van der Waals surface area (Å²) in [6, 6.07) is 0. The maximum absolute atomic E-state index is 12.6. The molecule has 0 radical (unpaired) electrons. The molecule has 10 heteroatoms. The summed E-state index contributed by atoms with van der Waals surface area (Å²) in [5, 5.41) is 18.3. The molecule has 0 aliphatic rings. The van der Waals surface area contributed by atoms with E-state index in [1.807, 2.05) is 0 Å². The summed E-state index contributed by atoms with van der Waals surface area (Å²) in [6.07, 6.45) is 42.2. The molecule has 330 valence electrons. The highest BCUT2D eigenvalue weighted by molar-refractivity contribution is 7.47. The van der Waals surface area contributed by atoms with Crippen molar-refractivity contribution in [2.24, 2.45) is 0 Å². The second kappa shape index (κ2) is 43.0. The topological polar surface area (TPSA) is 132 Å².